The van der Waals surface area contributed by atoms with Crippen molar-refractivity contribution in [3.63, 3.8) is 0 Å². The van der Waals surface area contributed by atoms with E-state index in [4.69, 9.17) is 0 Å². The molecule has 1 fully saturated rings. The lowest BCUT2D eigenvalue weighted by Crippen LogP contribution is -2.36. The van der Waals surface area contributed by atoms with Gasteiger partial charge in [0.2, 0.25) is 5.91 Å². The van der Waals surface area contributed by atoms with Gasteiger partial charge in [-0.15, -0.1) is 0 Å². The van der Waals surface area contributed by atoms with Crippen LogP contribution in [0.1, 0.15) is 39.9 Å². The van der Waals surface area contributed by atoms with E-state index in [0.717, 1.165) is 11.1 Å². The van der Waals surface area contributed by atoms with Gasteiger partial charge in [0.1, 0.15) is 0 Å². The largest absolute Gasteiger partial charge is 0.481 e. The molecule has 0 bridgehead atoms. The fourth-order valence-electron chi connectivity index (χ4n) is 4.37. The highest BCUT2D eigenvalue weighted by Gasteiger charge is 2.40. The number of likely N-dealkylation sites (tertiary alicyclic amines) is 1. The molecule has 6 heteroatoms. The summed E-state index contributed by atoms with van der Waals surface area (Å²) in [5.74, 6) is -2.27. The number of hydrogen-bond acceptors (Lipinski definition) is 3. The van der Waals surface area contributed by atoms with Gasteiger partial charge in [0.05, 0.1) is 18.4 Å². The Kier molecular flexibility index (Phi) is 6.83. The predicted octanol–water partition coefficient (Wildman–Crippen LogP) is 3.87. The van der Waals surface area contributed by atoms with Crippen molar-refractivity contribution in [3.8, 4) is 0 Å². The smallest absolute Gasteiger partial charge is 0.308 e. The van der Waals surface area contributed by atoms with Gasteiger partial charge in [-0.05, 0) is 23.3 Å². The molecule has 33 heavy (non-hydrogen) atoms. The summed E-state index contributed by atoms with van der Waals surface area (Å²) in [6.45, 7) is 0.496. The normalized spacial score (nSPS) is 18.5. The molecule has 1 aliphatic heterocycles. The van der Waals surface area contributed by atoms with Crippen molar-refractivity contribution >= 4 is 17.8 Å². The van der Waals surface area contributed by atoms with Crippen molar-refractivity contribution in [2.24, 2.45) is 5.92 Å². The number of carboxylic acid groups (broad SMARTS) is 1. The number of carboxylic acids is 1. The molecule has 4 rings (SSSR count). The van der Waals surface area contributed by atoms with Crippen LogP contribution in [-0.2, 0) is 9.59 Å². The van der Waals surface area contributed by atoms with Gasteiger partial charge in [-0.1, -0.05) is 78.9 Å². The summed E-state index contributed by atoms with van der Waals surface area (Å²) in [6.07, 6.45) is 0.0520. The molecule has 0 aromatic heterocycles. The van der Waals surface area contributed by atoms with Crippen LogP contribution < -0.4 is 5.32 Å². The van der Waals surface area contributed by atoms with Crippen molar-refractivity contribution in [2.45, 2.75) is 18.4 Å². The van der Waals surface area contributed by atoms with E-state index in [1.807, 2.05) is 66.7 Å². The molecule has 0 saturated carbocycles. The minimum atomic E-state index is -0.906. The zero-order valence-corrected chi connectivity index (χ0v) is 18.1. The van der Waals surface area contributed by atoms with Crippen LogP contribution in [0.25, 0.3) is 0 Å². The van der Waals surface area contributed by atoms with Crippen LogP contribution >= 0.6 is 0 Å². The lowest BCUT2D eigenvalue weighted by Gasteiger charge is -2.23. The highest BCUT2D eigenvalue weighted by molar-refractivity contribution is 5.94. The van der Waals surface area contributed by atoms with Gasteiger partial charge in [0, 0.05) is 24.6 Å². The quantitative estimate of drug-likeness (QED) is 0.582. The maximum Gasteiger partial charge on any atom is 0.308 e. The Hall–Kier alpha value is -3.93. The first kappa shape index (κ1) is 22.3. The fourth-order valence-corrected chi connectivity index (χ4v) is 4.37. The number of rotatable bonds is 7. The van der Waals surface area contributed by atoms with E-state index in [-0.39, 0.29) is 30.7 Å². The van der Waals surface area contributed by atoms with Crippen molar-refractivity contribution in [3.05, 3.63) is 108 Å². The number of carbonyl (C=O) groups is 3. The number of carbonyl (C=O) groups excluding carboxylic acids is 2. The molecule has 1 aliphatic rings. The van der Waals surface area contributed by atoms with E-state index < -0.39 is 17.9 Å². The molecule has 3 atom stereocenters. The van der Waals surface area contributed by atoms with E-state index >= 15 is 0 Å². The van der Waals surface area contributed by atoms with Crippen LogP contribution in [0.15, 0.2) is 91.0 Å². The molecule has 1 heterocycles. The summed E-state index contributed by atoms with van der Waals surface area (Å²) in [6, 6.07) is 27.1. The molecule has 168 valence electrons. The van der Waals surface area contributed by atoms with Gasteiger partial charge in [-0.25, -0.2) is 0 Å². The topological polar surface area (TPSA) is 86.7 Å². The summed E-state index contributed by atoms with van der Waals surface area (Å²) in [5, 5.41) is 12.7. The zero-order valence-electron chi connectivity index (χ0n) is 18.1. The molecule has 0 radical (unpaired) electrons. The minimum Gasteiger partial charge on any atom is -0.481 e. The summed E-state index contributed by atoms with van der Waals surface area (Å²) >= 11 is 0. The molecule has 2 amide bonds. The number of hydrogen-bond donors (Lipinski definition) is 2. The van der Waals surface area contributed by atoms with Gasteiger partial charge in [-0.2, -0.15) is 0 Å². The zero-order chi connectivity index (χ0) is 23.2. The summed E-state index contributed by atoms with van der Waals surface area (Å²) in [5.41, 5.74) is 2.25. The highest BCUT2D eigenvalue weighted by Crippen LogP contribution is 2.34. The van der Waals surface area contributed by atoms with Crippen LogP contribution in [0.5, 0.6) is 0 Å². The third-order valence-electron chi connectivity index (χ3n) is 6.14. The molecular formula is C27H26N2O4. The van der Waals surface area contributed by atoms with Gasteiger partial charge in [-0.3, -0.25) is 14.4 Å². The lowest BCUT2D eigenvalue weighted by atomic mass is 9.89. The first-order valence-corrected chi connectivity index (χ1v) is 11.0. The van der Waals surface area contributed by atoms with Gasteiger partial charge < -0.3 is 15.3 Å². The van der Waals surface area contributed by atoms with Crippen molar-refractivity contribution < 1.29 is 19.5 Å². The van der Waals surface area contributed by atoms with Gasteiger partial charge in [0.25, 0.3) is 5.91 Å². The average Bonchev–Trinajstić information content (AvgIpc) is 3.31. The Morgan fingerprint density at radius 2 is 1.42 bits per heavy atom. The fraction of sp³-hybridized carbons (Fsp3) is 0.222. The third-order valence-corrected chi connectivity index (χ3v) is 6.14. The van der Waals surface area contributed by atoms with Crippen LogP contribution in [0.4, 0.5) is 0 Å². The SMILES string of the molecule is O=C(NC(CC(=O)N1C[C@@H](C(=O)O)[C@H](c2ccccc2)C1)c1ccccc1)c1ccccc1. The Bertz CT molecular complexity index is 1100. The summed E-state index contributed by atoms with van der Waals surface area (Å²) in [4.78, 5) is 39.6. The standard InChI is InChI=1S/C27H26N2O4/c30-25(29-17-22(23(18-29)27(32)33)19-10-4-1-5-11-19)16-24(20-12-6-2-7-13-20)28-26(31)21-14-8-3-9-15-21/h1-15,22-24H,16-18H2,(H,28,31)(H,32,33)/t22-,23+,24?/m0/s1. The summed E-state index contributed by atoms with van der Waals surface area (Å²) < 4.78 is 0. The Balaban J connectivity index is 1.52. The van der Waals surface area contributed by atoms with Crippen LogP contribution in [0.3, 0.4) is 0 Å². The van der Waals surface area contributed by atoms with Gasteiger partial charge in [0.15, 0.2) is 0 Å². The molecule has 1 unspecified atom stereocenters. The molecular weight excluding hydrogens is 416 g/mol. The number of amides is 2. The third kappa shape index (κ3) is 5.29. The second-order valence-corrected chi connectivity index (χ2v) is 8.27. The number of aliphatic carboxylic acids is 1. The van der Waals surface area contributed by atoms with E-state index in [2.05, 4.69) is 5.32 Å². The molecule has 0 spiro atoms. The van der Waals surface area contributed by atoms with E-state index in [0.29, 0.717) is 12.1 Å². The van der Waals surface area contributed by atoms with Gasteiger partial charge >= 0.3 is 5.97 Å². The minimum absolute atomic E-state index is 0.0520. The number of benzene rings is 3. The van der Waals surface area contributed by atoms with Crippen LogP contribution in [0.2, 0.25) is 0 Å². The average molecular weight is 443 g/mol. The maximum absolute atomic E-state index is 13.3. The predicted molar refractivity (Wildman–Crippen MR) is 125 cm³/mol. The Morgan fingerprint density at radius 3 is 2.03 bits per heavy atom. The van der Waals surface area contributed by atoms with Crippen LogP contribution in [-0.4, -0.2) is 40.9 Å². The molecule has 0 aliphatic carbocycles. The van der Waals surface area contributed by atoms with Crippen molar-refractivity contribution in [1.29, 1.82) is 0 Å². The molecule has 3 aromatic carbocycles. The maximum atomic E-state index is 13.3. The second kappa shape index (κ2) is 10.1. The second-order valence-electron chi connectivity index (χ2n) is 8.27. The Morgan fingerprint density at radius 1 is 0.848 bits per heavy atom. The van der Waals surface area contributed by atoms with E-state index in [1.54, 1.807) is 29.2 Å². The van der Waals surface area contributed by atoms with Crippen molar-refractivity contribution in [2.75, 3.05) is 13.1 Å². The Labute approximate surface area is 192 Å². The van der Waals surface area contributed by atoms with E-state index in [9.17, 15) is 19.5 Å². The monoisotopic (exact) mass is 442 g/mol. The highest BCUT2D eigenvalue weighted by atomic mass is 16.4. The lowest BCUT2D eigenvalue weighted by molar-refractivity contribution is -0.141. The molecule has 3 aromatic rings. The van der Waals surface area contributed by atoms with Crippen LogP contribution in [0, 0.1) is 5.92 Å². The van der Waals surface area contributed by atoms with Crippen molar-refractivity contribution in [1.82, 2.24) is 10.2 Å². The number of nitrogens with zero attached hydrogens (tertiary/aromatic N) is 1. The number of nitrogens with one attached hydrogen (secondary N) is 1. The first-order chi connectivity index (χ1) is 16.0. The summed E-state index contributed by atoms with van der Waals surface area (Å²) in [7, 11) is 0. The first-order valence-electron chi connectivity index (χ1n) is 11.0. The molecule has 6 nitrogen and oxygen atoms in total. The molecule has 1 saturated heterocycles. The van der Waals surface area contributed by atoms with E-state index in [1.165, 1.54) is 0 Å². The molecule has 2 N–H and O–H groups in total.